The Labute approximate surface area is 114 Å². The van der Waals surface area contributed by atoms with Crippen LogP contribution in [0, 0.1) is 17.2 Å². The third kappa shape index (κ3) is 2.62. The molecule has 0 aromatic heterocycles. The van der Waals surface area contributed by atoms with Gasteiger partial charge in [-0.3, -0.25) is 0 Å². The number of hydrogen-bond acceptors (Lipinski definition) is 2. The van der Waals surface area contributed by atoms with Crippen molar-refractivity contribution >= 4 is 0 Å². The number of fused-ring (bicyclic) bond motifs is 1. The molecule has 3 rings (SSSR count). The maximum Gasteiger partial charge on any atom is 0.123 e. The Kier molecular flexibility index (Phi) is 3.25. The molecule has 1 fully saturated rings. The Bertz CT molecular complexity index is 468. The summed E-state index contributed by atoms with van der Waals surface area (Å²) < 4.78 is 19.0. The summed E-state index contributed by atoms with van der Waals surface area (Å²) >= 11 is 0. The first-order valence-electron chi connectivity index (χ1n) is 7.25. The minimum Gasteiger partial charge on any atom is -0.488 e. The Morgan fingerprint density at radius 2 is 2.21 bits per heavy atom. The SMILES string of the molecule is CC(C)C1(CNCC2Cc3cc(F)ccc3O2)CC1. The number of rotatable bonds is 5. The molecular weight excluding hydrogens is 241 g/mol. The minimum atomic E-state index is -0.173. The van der Waals surface area contributed by atoms with Crippen LogP contribution in [0.15, 0.2) is 18.2 Å². The van der Waals surface area contributed by atoms with Gasteiger partial charge in [-0.25, -0.2) is 4.39 Å². The first-order valence-corrected chi connectivity index (χ1v) is 7.25. The Hall–Kier alpha value is -1.09. The molecule has 1 N–H and O–H groups in total. The van der Waals surface area contributed by atoms with E-state index in [0.29, 0.717) is 5.41 Å². The molecule has 1 aromatic carbocycles. The first-order chi connectivity index (χ1) is 9.09. The van der Waals surface area contributed by atoms with Crippen LogP contribution in [0.25, 0.3) is 0 Å². The van der Waals surface area contributed by atoms with Gasteiger partial charge in [0.05, 0.1) is 0 Å². The molecule has 1 aromatic rings. The normalized spacial score (nSPS) is 23.3. The van der Waals surface area contributed by atoms with Crippen molar-refractivity contribution in [1.82, 2.24) is 5.32 Å². The third-order valence-corrected chi connectivity index (χ3v) is 4.73. The predicted octanol–water partition coefficient (Wildman–Crippen LogP) is 3.16. The van der Waals surface area contributed by atoms with Gasteiger partial charge in [0.25, 0.3) is 0 Å². The summed E-state index contributed by atoms with van der Waals surface area (Å²) in [4.78, 5) is 0. The zero-order chi connectivity index (χ0) is 13.5. The Morgan fingerprint density at radius 1 is 1.42 bits per heavy atom. The summed E-state index contributed by atoms with van der Waals surface area (Å²) in [7, 11) is 0. The van der Waals surface area contributed by atoms with Gasteiger partial charge in [0, 0.05) is 25.1 Å². The number of hydrogen-bond donors (Lipinski definition) is 1. The van der Waals surface area contributed by atoms with E-state index in [4.69, 9.17) is 4.74 Å². The highest BCUT2D eigenvalue weighted by atomic mass is 19.1. The van der Waals surface area contributed by atoms with Crippen LogP contribution in [-0.4, -0.2) is 19.2 Å². The predicted molar refractivity (Wildman–Crippen MR) is 73.9 cm³/mol. The topological polar surface area (TPSA) is 21.3 Å². The molecule has 1 aliphatic heterocycles. The molecule has 3 heteroatoms. The lowest BCUT2D eigenvalue weighted by molar-refractivity contribution is 0.218. The van der Waals surface area contributed by atoms with Crippen LogP contribution in [0.2, 0.25) is 0 Å². The van der Waals surface area contributed by atoms with Gasteiger partial charge in [-0.2, -0.15) is 0 Å². The summed E-state index contributed by atoms with van der Waals surface area (Å²) in [5.41, 5.74) is 1.52. The van der Waals surface area contributed by atoms with E-state index in [2.05, 4.69) is 19.2 Å². The number of halogens is 1. The van der Waals surface area contributed by atoms with E-state index in [1.54, 1.807) is 12.1 Å². The molecule has 19 heavy (non-hydrogen) atoms. The van der Waals surface area contributed by atoms with Crippen molar-refractivity contribution in [3.63, 3.8) is 0 Å². The van der Waals surface area contributed by atoms with Crippen LogP contribution in [0.4, 0.5) is 4.39 Å². The van der Waals surface area contributed by atoms with E-state index in [-0.39, 0.29) is 11.9 Å². The zero-order valence-corrected chi connectivity index (χ0v) is 11.7. The first kappa shape index (κ1) is 12.9. The van der Waals surface area contributed by atoms with Crippen LogP contribution >= 0.6 is 0 Å². The zero-order valence-electron chi connectivity index (χ0n) is 11.7. The van der Waals surface area contributed by atoms with Gasteiger partial charge in [0.2, 0.25) is 0 Å². The van der Waals surface area contributed by atoms with Crippen LogP contribution in [-0.2, 0) is 6.42 Å². The molecule has 0 saturated heterocycles. The van der Waals surface area contributed by atoms with Gasteiger partial charge in [0.1, 0.15) is 17.7 Å². The van der Waals surface area contributed by atoms with Crippen molar-refractivity contribution in [2.24, 2.45) is 11.3 Å². The van der Waals surface area contributed by atoms with Gasteiger partial charge in [-0.1, -0.05) is 13.8 Å². The lowest BCUT2D eigenvalue weighted by Crippen LogP contribution is -2.35. The van der Waals surface area contributed by atoms with Crippen LogP contribution in [0.5, 0.6) is 5.75 Å². The molecule has 1 atom stereocenters. The molecule has 2 aliphatic rings. The Morgan fingerprint density at radius 3 is 2.89 bits per heavy atom. The van der Waals surface area contributed by atoms with Crippen molar-refractivity contribution in [1.29, 1.82) is 0 Å². The fourth-order valence-corrected chi connectivity index (χ4v) is 3.00. The minimum absolute atomic E-state index is 0.153. The molecule has 1 saturated carbocycles. The molecule has 0 amide bonds. The summed E-state index contributed by atoms with van der Waals surface area (Å²) in [5.74, 6) is 1.42. The van der Waals surface area contributed by atoms with Crippen molar-refractivity contribution in [3.8, 4) is 5.75 Å². The van der Waals surface area contributed by atoms with E-state index in [1.807, 2.05) is 0 Å². The summed E-state index contributed by atoms with van der Waals surface area (Å²) in [5, 5.41) is 3.54. The fraction of sp³-hybridized carbons (Fsp3) is 0.625. The second-order valence-electron chi connectivity index (χ2n) is 6.34. The molecule has 2 nitrogen and oxygen atoms in total. The summed E-state index contributed by atoms with van der Waals surface area (Å²) in [6.07, 6.45) is 3.65. The number of benzene rings is 1. The molecule has 104 valence electrons. The van der Waals surface area contributed by atoms with E-state index in [9.17, 15) is 4.39 Å². The molecule has 1 unspecified atom stereocenters. The monoisotopic (exact) mass is 263 g/mol. The van der Waals surface area contributed by atoms with E-state index in [1.165, 1.54) is 18.9 Å². The van der Waals surface area contributed by atoms with Crippen LogP contribution in [0.1, 0.15) is 32.3 Å². The van der Waals surface area contributed by atoms with Crippen LogP contribution in [0.3, 0.4) is 0 Å². The average Bonchev–Trinajstić information content (AvgIpc) is 3.04. The highest BCUT2D eigenvalue weighted by molar-refractivity contribution is 5.37. The molecular formula is C16H22FNO. The van der Waals surface area contributed by atoms with Crippen molar-refractivity contribution in [2.45, 2.75) is 39.2 Å². The third-order valence-electron chi connectivity index (χ3n) is 4.73. The van der Waals surface area contributed by atoms with Gasteiger partial charge in [-0.15, -0.1) is 0 Å². The average molecular weight is 263 g/mol. The summed E-state index contributed by atoms with van der Waals surface area (Å²) in [6.45, 7) is 6.54. The highest BCUT2D eigenvalue weighted by Crippen LogP contribution is 2.51. The molecule has 1 heterocycles. The Balaban J connectivity index is 1.49. The van der Waals surface area contributed by atoms with E-state index in [0.717, 1.165) is 36.7 Å². The van der Waals surface area contributed by atoms with E-state index >= 15 is 0 Å². The van der Waals surface area contributed by atoms with E-state index < -0.39 is 0 Å². The largest absolute Gasteiger partial charge is 0.488 e. The fourth-order valence-electron chi connectivity index (χ4n) is 3.00. The van der Waals surface area contributed by atoms with Crippen molar-refractivity contribution in [2.75, 3.05) is 13.1 Å². The number of ether oxygens (including phenoxy) is 1. The second-order valence-corrected chi connectivity index (χ2v) is 6.34. The van der Waals surface area contributed by atoms with Crippen molar-refractivity contribution in [3.05, 3.63) is 29.6 Å². The molecule has 0 bridgehead atoms. The highest BCUT2D eigenvalue weighted by Gasteiger charge is 2.44. The number of nitrogens with one attached hydrogen (secondary N) is 1. The van der Waals surface area contributed by atoms with Gasteiger partial charge in [-0.05, 0) is 42.4 Å². The van der Waals surface area contributed by atoms with Crippen LogP contribution < -0.4 is 10.1 Å². The van der Waals surface area contributed by atoms with Gasteiger partial charge >= 0.3 is 0 Å². The molecule has 0 spiro atoms. The van der Waals surface area contributed by atoms with Gasteiger partial charge in [0.15, 0.2) is 0 Å². The maximum absolute atomic E-state index is 13.1. The summed E-state index contributed by atoms with van der Waals surface area (Å²) in [6, 6.07) is 4.79. The quantitative estimate of drug-likeness (QED) is 0.881. The lowest BCUT2D eigenvalue weighted by atomic mass is 9.92. The lowest BCUT2D eigenvalue weighted by Gasteiger charge is -2.21. The molecule has 1 aliphatic carbocycles. The maximum atomic E-state index is 13.1. The smallest absolute Gasteiger partial charge is 0.123 e. The van der Waals surface area contributed by atoms with Crippen molar-refractivity contribution < 1.29 is 9.13 Å². The second kappa shape index (κ2) is 4.78. The molecule has 0 radical (unpaired) electrons. The standard InChI is InChI=1S/C16H22FNO/c1-11(2)16(5-6-16)10-18-9-14-8-12-7-13(17)3-4-15(12)19-14/h3-4,7,11,14,18H,5-6,8-10H2,1-2H3. The van der Waals surface area contributed by atoms with Gasteiger partial charge < -0.3 is 10.1 Å².